The van der Waals surface area contributed by atoms with E-state index < -0.39 is 6.03 Å². The molecule has 14 heavy (non-hydrogen) atoms. The molecule has 0 aromatic carbocycles. The second-order valence-corrected chi connectivity index (χ2v) is 4.82. The second kappa shape index (κ2) is 2.97. The SMILES string of the molecule is C[C@@]1(C(=O)NC(N)=O)C[C@H]2CC[C@@H]1C2. The number of amides is 3. The van der Waals surface area contributed by atoms with E-state index >= 15 is 0 Å². The number of fused-ring (bicyclic) bond motifs is 2. The summed E-state index contributed by atoms with van der Waals surface area (Å²) in [6.45, 7) is 1.95. The lowest BCUT2D eigenvalue weighted by molar-refractivity contribution is -0.131. The van der Waals surface area contributed by atoms with E-state index in [1.54, 1.807) is 0 Å². The average molecular weight is 196 g/mol. The summed E-state index contributed by atoms with van der Waals surface area (Å²) < 4.78 is 0. The van der Waals surface area contributed by atoms with Crippen molar-refractivity contribution in [1.29, 1.82) is 0 Å². The molecule has 3 N–H and O–H groups in total. The molecule has 0 aliphatic heterocycles. The number of rotatable bonds is 1. The Bertz CT molecular complexity index is 290. The van der Waals surface area contributed by atoms with Gasteiger partial charge in [0, 0.05) is 5.41 Å². The Morgan fingerprint density at radius 2 is 2.14 bits per heavy atom. The predicted octanol–water partition coefficient (Wildman–Crippen LogP) is 1.01. The lowest BCUT2D eigenvalue weighted by atomic mass is 9.74. The molecule has 0 spiro atoms. The van der Waals surface area contributed by atoms with Gasteiger partial charge in [-0.3, -0.25) is 10.1 Å². The lowest BCUT2D eigenvalue weighted by Gasteiger charge is -2.31. The van der Waals surface area contributed by atoms with Crippen molar-refractivity contribution in [1.82, 2.24) is 5.32 Å². The average Bonchev–Trinajstić information content (AvgIpc) is 2.62. The molecule has 3 atom stereocenters. The number of carbonyl (C=O) groups is 2. The maximum absolute atomic E-state index is 11.8. The zero-order chi connectivity index (χ0) is 10.3. The summed E-state index contributed by atoms with van der Waals surface area (Å²) in [5, 5.41) is 2.21. The molecule has 2 fully saturated rings. The summed E-state index contributed by atoms with van der Waals surface area (Å²) >= 11 is 0. The number of hydrogen-bond acceptors (Lipinski definition) is 2. The third kappa shape index (κ3) is 1.29. The first kappa shape index (κ1) is 9.49. The van der Waals surface area contributed by atoms with Crippen LogP contribution in [0, 0.1) is 17.3 Å². The Morgan fingerprint density at radius 3 is 2.57 bits per heavy atom. The zero-order valence-electron chi connectivity index (χ0n) is 8.38. The number of nitrogens with two attached hydrogens (primary N) is 1. The van der Waals surface area contributed by atoms with Crippen molar-refractivity contribution in [2.45, 2.75) is 32.6 Å². The molecule has 0 heterocycles. The van der Waals surface area contributed by atoms with Crippen molar-refractivity contribution in [2.24, 2.45) is 23.0 Å². The summed E-state index contributed by atoms with van der Waals surface area (Å²) in [7, 11) is 0. The van der Waals surface area contributed by atoms with Crippen LogP contribution >= 0.6 is 0 Å². The molecule has 2 bridgehead atoms. The first-order valence-electron chi connectivity index (χ1n) is 5.13. The van der Waals surface area contributed by atoms with E-state index in [0.717, 1.165) is 19.3 Å². The number of nitrogens with one attached hydrogen (secondary N) is 1. The molecule has 2 saturated carbocycles. The number of primary amides is 1. The zero-order valence-corrected chi connectivity index (χ0v) is 8.38. The van der Waals surface area contributed by atoms with E-state index in [0.29, 0.717) is 11.8 Å². The fourth-order valence-corrected chi connectivity index (χ4v) is 3.14. The van der Waals surface area contributed by atoms with Crippen LogP contribution in [-0.2, 0) is 4.79 Å². The first-order chi connectivity index (χ1) is 6.52. The van der Waals surface area contributed by atoms with Gasteiger partial charge in [-0.15, -0.1) is 0 Å². The van der Waals surface area contributed by atoms with Crippen LogP contribution in [0.25, 0.3) is 0 Å². The predicted molar refractivity (Wildman–Crippen MR) is 51.3 cm³/mol. The molecule has 2 aliphatic rings. The van der Waals surface area contributed by atoms with E-state index in [1.165, 1.54) is 6.42 Å². The van der Waals surface area contributed by atoms with Gasteiger partial charge in [-0.05, 0) is 31.1 Å². The van der Waals surface area contributed by atoms with Gasteiger partial charge in [0.15, 0.2) is 0 Å². The molecule has 0 saturated heterocycles. The third-order valence-corrected chi connectivity index (χ3v) is 3.91. The summed E-state index contributed by atoms with van der Waals surface area (Å²) in [6.07, 6.45) is 4.41. The standard InChI is InChI=1S/C10H16N2O2/c1-10(8(13)12-9(11)14)5-6-2-3-7(10)4-6/h6-7H,2-5H2,1H3,(H3,11,12,13,14)/t6-,7+,10+/m0/s1. The van der Waals surface area contributed by atoms with Crippen LogP contribution in [0.5, 0.6) is 0 Å². The first-order valence-corrected chi connectivity index (χ1v) is 5.13. The third-order valence-electron chi connectivity index (χ3n) is 3.91. The normalized spacial score (nSPS) is 39.8. The van der Waals surface area contributed by atoms with Gasteiger partial charge < -0.3 is 5.73 Å². The van der Waals surface area contributed by atoms with Gasteiger partial charge >= 0.3 is 6.03 Å². The van der Waals surface area contributed by atoms with Gasteiger partial charge in [0.1, 0.15) is 0 Å². The van der Waals surface area contributed by atoms with E-state index in [2.05, 4.69) is 5.32 Å². The molecule has 0 radical (unpaired) electrons. The Balaban J connectivity index is 2.09. The highest BCUT2D eigenvalue weighted by molar-refractivity contribution is 5.96. The molecule has 0 aromatic rings. The van der Waals surface area contributed by atoms with E-state index in [4.69, 9.17) is 5.73 Å². The van der Waals surface area contributed by atoms with Crippen LogP contribution < -0.4 is 11.1 Å². The highest BCUT2D eigenvalue weighted by Gasteiger charge is 2.52. The van der Waals surface area contributed by atoms with E-state index in [9.17, 15) is 9.59 Å². The summed E-state index contributed by atoms with van der Waals surface area (Å²) in [5.74, 6) is 0.952. The van der Waals surface area contributed by atoms with Crippen LogP contribution in [0.3, 0.4) is 0 Å². The number of hydrogen-bond donors (Lipinski definition) is 2. The minimum Gasteiger partial charge on any atom is -0.351 e. The Hall–Kier alpha value is -1.06. The van der Waals surface area contributed by atoms with Crippen molar-refractivity contribution in [3.05, 3.63) is 0 Å². The van der Waals surface area contributed by atoms with Crippen molar-refractivity contribution >= 4 is 11.9 Å². The summed E-state index contributed by atoms with van der Waals surface area (Å²) in [5.41, 5.74) is 4.60. The van der Waals surface area contributed by atoms with Crippen molar-refractivity contribution in [3.63, 3.8) is 0 Å². The highest BCUT2D eigenvalue weighted by Crippen LogP contribution is 2.55. The summed E-state index contributed by atoms with van der Waals surface area (Å²) in [4.78, 5) is 22.4. The molecule has 4 nitrogen and oxygen atoms in total. The molecule has 0 aromatic heterocycles. The topological polar surface area (TPSA) is 72.2 Å². The van der Waals surface area contributed by atoms with Crippen molar-refractivity contribution in [2.75, 3.05) is 0 Å². The molecular weight excluding hydrogens is 180 g/mol. The molecule has 2 aliphatic carbocycles. The smallest absolute Gasteiger partial charge is 0.318 e. The van der Waals surface area contributed by atoms with Crippen LogP contribution in [0.15, 0.2) is 0 Å². The van der Waals surface area contributed by atoms with Crippen LogP contribution in [-0.4, -0.2) is 11.9 Å². The van der Waals surface area contributed by atoms with Gasteiger partial charge in [-0.25, -0.2) is 4.79 Å². The van der Waals surface area contributed by atoms with Crippen molar-refractivity contribution in [3.8, 4) is 0 Å². The van der Waals surface area contributed by atoms with Crippen LogP contribution in [0.2, 0.25) is 0 Å². The molecule has 4 heteroatoms. The van der Waals surface area contributed by atoms with Gasteiger partial charge in [-0.1, -0.05) is 13.3 Å². The maximum atomic E-state index is 11.8. The van der Waals surface area contributed by atoms with Crippen molar-refractivity contribution < 1.29 is 9.59 Å². The highest BCUT2D eigenvalue weighted by atomic mass is 16.2. The minimum absolute atomic E-state index is 0.183. The van der Waals surface area contributed by atoms with Crippen LogP contribution in [0.4, 0.5) is 4.79 Å². The molecular formula is C10H16N2O2. The molecule has 3 amide bonds. The van der Waals surface area contributed by atoms with Gasteiger partial charge in [0.2, 0.25) is 5.91 Å². The Kier molecular flexibility index (Phi) is 2.01. The number of carbonyl (C=O) groups excluding carboxylic acids is 2. The Morgan fingerprint density at radius 1 is 1.43 bits per heavy atom. The largest absolute Gasteiger partial charge is 0.351 e. The lowest BCUT2D eigenvalue weighted by Crippen LogP contribution is -2.46. The molecule has 0 unspecified atom stereocenters. The second-order valence-electron chi connectivity index (χ2n) is 4.82. The number of urea groups is 1. The van der Waals surface area contributed by atoms with Crippen LogP contribution in [0.1, 0.15) is 32.6 Å². The fourth-order valence-electron chi connectivity index (χ4n) is 3.14. The molecule has 2 rings (SSSR count). The minimum atomic E-state index is -0.737. The maximum Gasteiger partial charge on any atom is 0.318 e. The number of imide groups is 1. The quantitative estimate of drug-likeness (QED) is 0.657. The molecule has 78 valence electrons. The van der Waals surface area contributed by atoms with Gasteiger partial charge in [0.05, 0.1) is 0 Å². The fraction of sp³-hybridized carbons (Fsp3) is 0.800. The Labute approximate surface area is 83.2 Å². The monoisotopic (exact) mass is 196 g/mol. The summed E-state index contributed by atoms with van der Waals surface area (Å²) in [6, 6.07) is -0.737. The van der Waals surface area contributed by atoms with E-state index in [-0.39, 0.29) is 11.3 Å². The van der Waals surface area contributed by atoms with Gasteiger partial charge in [-0.2, -0.15) is 0 Å². The van der Waals surface area contributed by atoms with E-state index in [1.807, 2.05) is 6.92 Å². The van der Waals surface area contributed by atoms with Gasteiger partial charge in [0.25, 0.3) is 0 Å².